The van der Waals surface area contributed by atoms with Gasteiger partial charge in [0.2, 0.25) is 5.91 Å². The molecular formula is C34H38N2O5. The van der Waals surface area contributed by atoms with Gasteiger partial charge in [-0.05, 0) is 65.4 Å². The molecule has 1 aliphatic rings. The summed E-state index contributed by atoms with van der Waals surface area (Å²) in [6, 6.07) is 20.5. The van der Waals surface area contributed by atoms with Crippen LogP contribution in [0.15, 0.2) is 78.4 Å². The molecule has 3 aromatic carbocycles. The predicted octanol–water partition coefficient (Wildman–Crippen LogP) is 7.14. The van der Waals surface area contributed by atoms with Gasteiger partial charge in [0.15, 0.2) is 0 Å². The average Bonchev–Trinajstić information content (AvgIpc) is 3.20. The topological polar surface area (TPSA) is 95.9 Å². The summed E-state index contributed by atoms with van der Waals surface area (Å²) in [5.41, 5.74) is 3.02. The smallest absolute Gasteiger partial charge is 0.300 e. The number of unbranched alkanes of at least 4 members (excludes halogenated alkanes) is 2. The van der Waals surface area contributed by atoms with Gasteiger partial charge in [0.25, 0.3) is 11.7 Å². The third-order valence-electron chi connectivity index (χ3n) is 7.13. The molecule has 41 heavy (non-hydrogen) atoms. The first-order valence-electron chi connectivity index (χ1n) is 14.0. The van der Waals surface area contributed by atoms with E-state index in [0.717, 1.165) is 24.8 Å². The van der Waals surface area contributed by atoms with E-state index >= 15 is 0 Å². The number of Topliss-reactive ketones (excluding diaryl/α,β-unsaturated/α-hetero) is 1. The Hall–Kier alpha value is -4.39. The van der Waals surface area contributed by atoms with E-state index in [-0.39, 0.29) is 22.7 Å². The summed E-state index contributed by atoms with van der Waals surface area (Å²) in [7, 11) is 0. The van der Waals surface area contributed by atoms with Crippen molar-refractivity contribution in [2.45, 2.75) is 65.3 Å². The molecule has 7 heteroatoms. The van der Waals surface area contributed by atoms with Crippen LogP contribution in [0.2, 0.25) is 0 Å². The second kappa shape index (κ2) is 12.4. The van der Waals surface area contributed by atoms with Gasteiger partial charge < -0.3 is 15.2 Å². The molecule has 0 saturated carbocycles. The van der Waals surface area contributed by atoms with Crippen molar-refractivity contribution in [3.63, 3.8) is 0 Å². The van der Waals surface area contributed by atoms with Gasteiger partial charge in [-0.1, -0.05) is 70.9 Å². The number of nitrogens with one attached hydrogen (secondary N) is 1. The molecule has 1 heterocycles. The molecule has 0 spiro atoms. The van der Waals surface area contributed by atoms with Gasteiger partial charge in [0.05, 0.1) is 18.2 Å². The monoisotopic (exact) mass is 554 g/mol. The first-order valence-corrected chi connectivity index (χ1v) is 14.0. The van der Waals surface area contributed by atoms with Crippen LogP contribution in [0.4, 0.5) is 11.4 Å². The fourth-order valence-electron chi connectivity index (χ4n) is 4.92. The van der Waals surface area contributed by atoms with E-state index < -0.39 is 17.7 Å². The third kappa shape index (κ3) is 6.68. The fraction of sp³-hybridized carbons (Fsp3) is 0.324. The maximum atomic E-state index is 13.5. The Kier molecular flexibility index (Phi) is 8.96. The number of ketones is 1. The number of hydrogen-bond donors (Lipinski definition) is 2. The maximum Gasteiger partial charge on any atom is 0.300 e. The molecule has 214 valence electrons. The number of carbonyl (C=O) groups excluding carboxylic acids is 3. The van der Waals surface area contributed by atoms with Gasteiger partial charge in [-0.25, -0.2) is 0 Å². The van der Waals surface area contributed by atoms with Crippen LogP contribution in [0, 0.1) is 0 Å². The van der Waals surface area contributed by atoms with Gasteiger partial charge in [-0.15, -0.1) is 0 Å². The highest BCUT2D eigenvalue weighted by molar-refractivity contribution is 6.51. The van der Waals surface area contributed by atoms with Crippen molar-refractivity contribution in [1.29, 1.82) is 0 Å². The lowest BCUT2D eigenvalue weighted by Crippen LogP contribution is -2.29. The number of nitrogens with zero attached hydrogens (tertiary/aromatic N) is 1. The number of amides is 2. The number of benzene rings is 3. The summed E-state index contributed by atoms with van der Waals surface area (Å²) in [5, 5.41) is 14.2. The van der Waals surface area contributed by atoms with E-state index in [1.807, 2.05) is 24.3 Å². The molecule has 0 aromatic heterocycles. The van der Waals surface area contributed by atoms with Crippen LogP contribution in [0.3, 0.4) is 0 Å². The summed E-state index contributed by atoms with van der Waals surface area (Å²) in [6.45, 7) is 10.5. The van der Waals surface area contributed by atoms with Gasteiger partial charge >= 0.3 is 0 Å². The summed E-state index contributed by atoms with van der Waals surface area (Å²) >= 11 is 0. The summed E-state index contributed by atoms with van der Waals surface area (Å²) in [5.74, 6) is -1.38. The van der Waals surface area contributed by atoms with Crippen LogP contribution in [-0.4, -0.2) is 29.3 Å². The van der Waals surface area contributed by atoms with Crippen molar-refractivity contribution in [2.75, 3.05) is 16.8 Å². The molecule has 2 N–H and O–H groups in total. The van der Waals surface area contributed by atoms with E-state index in [9.17, 15) is 19.5 Å². The van der Waals surface area contributed by atoms with Gasteiger partial charge in [-0.3, -0.25) is 19.3 Å². The van der Waals surface area contributed by atoms with Crippen LogP contribution >= 0.6 is 0 Å². The summed E-state index contributed by atoms with van der Waals surface area (Å²) in [4.78, 5) is 40.1. The second-order valence-corrected chi connectivity index (χ2v) is 11.4. The molecule has 7 nitrogen and oxygen atoms in total. The van der Waals surface area contributed by atoms with Crippen LogP contribution in [0.1, 0.15) is 76.6 Å². The Labute approximate surface area is 241 Å². The van der Waals surface area contributed by atoms with E-state index in [2.05, 4.69) is 33.0 Å². The lowest BCUT2D eigenvalue weighted by Gasteiger charge is -2.27. The van der Waals surface area contributed by atoms with E-state index in [1.54, 1.807) is 48.5 Å². The minimum absolute atomic E-state index is 0.0000491. The van der Waals surface area contributed by atoms with Gasteiger partial charge in [0, 0.05) is 23.9 Å². The van der Waals surface area contributed by atoms with Gasteiger partial charge in [0.1, 0.15) is 11.5 Å². The quantitative estimate of drug-likeness (QED) is 0.127. The Balaban J connectivity index is 1.79. The molecule has 3 aromatic rings. The minimum Gasteiger partial charge on any atom is -0.507 e. The van der Waals surface area contributed by atoms with Crippen molar-refractivity contribution in [3.8, 4) is 5.75 Å². The maximum absolute atomic E-state index is 13.5. The Morgan fingerprint density at radius 1 is 0.976 bits per heavy atom. The van der Waals surface area contributed by atoms with Crippen LogP contribution < -0.4 is 15.0 Å². The number of anilines is 2. The minimum atomic E-state index is -0.874. The predicted molar refractivity (Wildman–Crippen MR) is 162 cm³/mol. The zero-order valence-electron chi connectivity index (χ0n) is 24.4. The highest BCUT2D eigenvalue weighted by atomic mass is 16.5. The van der Waals surface area contributed by atoms with Crippen LogP contribution in [0.25, 0.3) is 5.76 Å². The zero-order valence-corrected chi connectivity index (χ0v) is 24.4. The van der Waals surface area contributed by atoms with Crippen LogP contribution in [-0.2, 0) is 19.8 Å². The molecule has 1 aliphatic heterocycles. The highest BCUT2D eigenvalue weighted by Gasteiger charge is 2.47. The molecule has 1 unspecified atom stereocenters. The SMILES string of the molecule is CCCCCOc1ccc(/C(O)=C2\C(=O)C(=O)N(c3cccc(NC(C)=O)c3)C2c2ccc(C(C)(C)C)cc2)cc1. The molecule has 1 atom stereocenters. The number of rotatable bonds is 9. The number of carbonyl (C=O) groups is 3. The van der Waals surface area contributed by atoms with E-state index in [0.29, 0.717) is 34.9 Å². The van der Waals surface area contributed by atoms with Crippen LogP contribution in [0.5, 0.6) is 5.75 Å². The van der Waals surface area contributed by atoms with Crippen molar-refractivity contribution in [3.05, 3.63) is 95.1 Å². The Morgan fingerprint density at radius 3 is 2.27 bits per heavy atom. The first kappa shape index (κ1) is 29.6. The van der Waals surface area contributed by atoms with Crippen molar-refractivity contribution < 1.29 is 24.2 Å². The molecule has 0 bridgehead atoms. The standard InChI is InChI=1S/C34H38N2O5/c1-6-7-8-20-41-28-18-14-24(15-19-28)31(38)29-30(23-12-16-25(17-13-23)34(3,4)5)36(33(40)32(29)39)27-11-9-10-26(21-27)35-22(2)37/h9-19,21,30,38H,6-8,20H2,1-5H3,(H,35,37)/b31-29+. The molecular weight excluding hydrogens is 516 g/mol. The summed E-state index contributed by atoms with van der Waals surface area (Å²) < 4.78 is 5.79. The molecule has 4 rings (SSSR count). The number of aliphatic hydroxyl groups is 1. The van der Waals surface area contributed by atoms with E-state index in [4.69, 9.17) is 4.74 Å². The molecule has 1 fully saturated rings. The highest BCUT2D eigenvalue weighted by Crippen LogP contribution is 2.43. The number of hydrogen-bond acceptors (Lipinski definition) is 5. The largest absolute Gasteiger partial charge is 0.507 e. The van der Waals surface area contributed by atoms with Crippen molar-refractivity contribution >= 4 is 34.7 Å². The number of ether oxygens (including phenoxy) is 1. The normalized spacial score (nSPS) is 16.6. The van der Waals surface area contributed by atoms with Crippen molar-refractivity contribution in [1.82, 2.24) is 0 Å². The third-order valence-corrected chi connectivity index (χ3v) is 7.13. The number of aliphatic hydroxyl groups excluding tert-OH is 1. The summed E-state index contributed by atoms with van der Waals surface area (Å²) in [6.07, 6.45) is 3.15. The first-order chi connectivity index (χ1) is 19.5. The van der Waals surface area contributed by atoms with Crippen molar-refractivity contribution in [2.24, 2.45) is 0 Å². The molecule has 2 amide bonds. The second-order valence-electron chi connectivity index (χ2n) is 11.4. The molecule has 1 saturated heterocycles. The molecule has 0 radical (unpaired) electrons. The van der Waals surface area contributed by atoms with Gasteiger partial charge in [-0.2, -0.15) is 0 Å². The average molecular weight is 555 g/mol. The lowest BCUT2D eigenvalue weighted by molar-refractivity contribution is -0.132. The zero-order chi connectivity index (χ0) is 29.7. The van der Waals surface area contributed by atoms with E-state index in [1.165, 1.54) is 11.8 Å². The lowest BCUT2D eigenvalue weighted by atomic mass is 9.85. The fourth-order valence-corrected chi connectivity index (χ4v) is 4.92. The Morgan fingerprint density at radius 2 is 1.66 bits per heavy atom. The Bertz CT molecular complexity index is 1450. The molecule has 0 aliphatic carbocycles.